The van der Waals surface area contributed by atoms with Gasteiger partial charge in [0, 0.05) is 0 Å². The fourth-order valence-electron chi connectivity index (χ4n) is 2.54. The predicted octanol–water partition coefficient (Wildman–Crippen LogP) is 3.11. The van der Waals surface area contributed by atoms with Crippen LogP contribution < -0.4 is 10.6 Å². The Morgan fingerprint density at radius 1 is 1.11 bits per heavy atom. The lowest BCUT2D eigenvalue weighted by atomic mass is 9.86. The number of hydrogen-bond donors (Lipinski definition) is 3. The third-order valence-corrected chi connectivity index (χ3v) is 4.92. The van der Waals surface area contributed by atoms with E-state index >= 15 is 0 Å². The molecule has 0 aliphatic rings. The standard InChI is InChI=1S/C20H24N2O4S/c1-20(2,3)14-8-6-13(7-9-14)15(11-18(24)25)22-17(23)12-21-19(26)16-5-4-10-27-16/h4-10,15H,11-12H2,1-3H3,(H,21,26)(H,22,23)(H,24,25). The number of carboxylic acids is 1. The molecular weight excluding hydrogens is 364 g/mol. The number of carboxylic acid groups (broad SMARTS) is 1. The molecule has 1 unspecified atom stereocenters. The summed E-state index contributed by atoms with van der Waals surface area (Å²) in [5, 5.41) is 16.2. The van der Waals surface area contributed by atoms with Crippen molar-refractivity contribution in [2.45, 2.75) is 38.6 Å². The molecule has 3 N–H and O–H groups in total. The zero-order valence-electron chi connectivity index (χ0n) is 15.6. The minimum Gasteiger partial charge on any atom is -0.481 e. The molecule has 0 aliphatic heterocycles. The molecule has 1 aromatic heterocycles. The van der Waals surface area contributed by atoms with Crippen molar-refractivity contribution < 1.29 is 19.5 Å². The van der Waals surface area contributed by atoms with E-state index in [1.165, 1.54) is 11.3 Å². The van der Waals surface area contributed by atoms with E-state index in [0.717, 1.165) is 5.56 Å². The molecule has 2 amide bonds. The molecule has 0 fully saturated rings. The summed E-state index contributed by atoms with van der Waals surface area (Å²) in [7, 11) is 0. The van der Waals surface area contributed by atoms with Crippen LogP contribution in [0.4, 0.5) is 0 Å². The van der Waals surface area contributed by atoms with E-state index in [1.807, 2.05) is 24.3 Å². The molecule has 27 heavy (non-hydrogen) atoms. The van der Waals surface area contributed by atoms with Crippen LogP contribution in [0.15, 0.2) is 41.8 Å². The van der Waals surface area contributed by atoms with Gasteiger partial charge in [-0.15, -0.1) is 11.3 Å². The molecule has 0 bridgehead atoms. The van der Waals surface area contributed by atoms with Crippen molar-refractivity contribution in [3.63, 3.8) is 0 Å². The van der Waals surface area contributed by atoms with E-state index in [1.54, 1.807) is 17.5 Å². The zero-order valence-corrected chi connectivity index (χ0v) is 16.4. The van der Waals surface area contributed by atoms with Crippen molar-refractivity contribution in [2.24, 2.45) is 0 Å². The molecular formula is C20H24N2O4S. The highest BCUT2D eigenvalue weighted by atomic mass is 32.1. The Labute approximate surface area is 162 Å². The molecule has 1 aromatic carbocycles. The van der Waals surface area contributed by atoms with Crippen LogP contribution in [0.2, 0.25) is 0 Å². The Kier molecular flexibility index (Phi) is 6.74. The molecule has 0 saturated heterocycles. The molecule has 144 valence electrons. The number of aliphatic carboxylic acids is 1. The lowest BCUT2D eigenvalue weighted by Crippen LogP contribution is -2.39. The van der Waals surface area contributed by atoms with E-state index in [2.05, 4.69) is 31.4 Å². The summed E-state index contributed by atoms with van der Waals surface area (Å²) < 4.78 is 0. The SMILES string of the molecule is CC(C)(C)c1ccc(C(CC(=O)O)NC(=O)CNC(=O)c2cccs2)cc1. The van der Waals surface area contributed by atoms with Crippen LogP contribution in [0.3, 0.4) is 0 Å². The van der Waals surface area contributed by atoms with Crippen LogP contribution in [0.1, 0.15) is 54.0 Å². The molecule has 2 aromatic rings. The second-order valence-electron chi connectivity index (χ2n) is 7.25. The van der Waals surface area contributed by atoms with Gasteiger partial charge in [0.15, 0.2) is 0 Å². The second-order valence-corrected chi connectivity index (χ2v) is 8.20. The van der Waals surface area contributed by atoms with Crippen molar-refractivity contribution in [3.8, 4) is 0 Å². The Morgan fingerprint density at radius 2 is 1.78 bits per heavy atom. The van der Waals surface area contributed by atoms with E-state index in [-0.39, 0.29) is 24.3 Å². The predicted molar refractivity (Wildman–Crippen MR) is 105 cm³/mol. The maximum absolute atomic E-state index is 12.2. The molecule has 0 saturated carbocycles. The van der Waals surface area contributed by atoms with Crippen molar-refractivity contribution in [3.05, 3.63) is 57.8 Å². The molecule has 6 nitrogen and oxygen atoms in total. The van der Waals surface area contributed by atoms with Gasteiger partial charge in [-0.05, 0) is 28.0 Å². The van der Waals surface area contributed by atoms with E-state index in [0.29, 0.717) is 10.4 Å². The lowest BCUT2D eigenvalue weighted by Gasteiger charge is -2.22. The summed E-state index contributed by atoms with van der Waals surface area (Å²) in [5.74, 6) is -1.78. The Hall–Kier alpha value is -2.67. The Bertz CT molecular complexity index is 792. The smallest absolute Gasteiger partial charge is 0.305 e. The number of hydrogen-bond acceptors (Lipinski definition) is 4. The van der Waals surface area contributed by atoms with Crippen LogP contribution in [0.25, 0.3) is 0 Å². The largest absolute Gasteiger partial charge is 0.481 e. The summed E-state index contributed by atoms with van der Waals surface area (Å²) >= 11 is 1.28. The van der Waals surface area contributed by atoms with Crippen LogP contribution in [0, 0.1) is 0 Å². The maximum Gasteiger partial charge on any atom is 0.305 e. The summed E-state index contributed by atoms with van der Waals surface area (Å²) in [6.45, 7) is 6.06. The highest BCUT2D eigenvalue weighted by Gasteiger charge is 2.20. The van der Waals surface area contributed by atoms with Crippen molar-refractivity contribution in [1.29, 1.82) is 0 Å². The first kappa shape index (κ1) is 20.6. The first-order chi connectivity index (χ1) is 12.7. The Balaban J connectivity index is 2.02. The van der Waals surface area contributed by atoms with Crippen molar-refractivity contribution in [2.75, 3.05) is 6.54 Å². The number of nitrogens with one attached hydrogen (secondary N) is 2. The zero-order chi connectivity index (χ0) is 20.0. The minimum absolute atomic E-state index is 0.0177. The van der Waals surface area contributed by atoms with Crippen LogP contribution in [-0.2, 0) is 15.0 Å². The average molecular weight is 388 g/mol. The number of amides is 2. The van der Waals surface area contributed by atoms with Gasteiger partial charge in [-0.3, -0.25) is 14.4 Å². The molecule has 0 radical (unpaired) electrons. The highest BCUT2D eigenvalue weighted by molar-refractivity contribution is 7.12. The fraction of sp³-hybridized carbons (Fsp3) is 0.350. The van der Waals surface area contributed by atoms with Gasteiger partial charge in [-0.2, -0.15) is 0 Å². The van der Waals surface area contributed by atoms with Gasteiger partial charge in [-0.25, -0.2) is 0 Å². The number of carbonyl (C=O) groups excluding carboxylic acids is 2. The second kappa shape index (κ2) is 8.81. The van der Waals surface area contributed by atoms with Gasteiger partial charge in [0.2, 0.25) is 5.91 Å². The first-order valence-electron chi connectivity index (χ1n) is 8.60. The van der Waals surface area contributed by atoms with Gasteiger partial charge in [0.25, 0.3) is 5.91 Å². The number of carbonyl (C=O) groups is 3. The van der Waals surface area contributed by atoms with E-state index < -0.39 is 17.9 Å². The topological polar surface area (TPSA) is 95.5 Å². The van der Waals surface area contributed by atoms with E-state index in [9.17, 15) is 14.4 Å². The van der Waals surface area contributed by atoms with Crippen molar-refractivity contribution >= 4 is 29.1 Å². The van der Waals surface area contributed by atoms with Gasteiger partial charge < -0.3 is 15.7 Å². The quantitative estimate of drug-likeness (QED) is 0.679. The number of thiophene rings is 1. The Morgan fingerprint density at radius 3 is 2.30 bits per heavy atom. The van der Waals surface area contributed by atoms with Gasteiger partial charge >= 0.3 is 5.97 Å². The van der Waals surface area contributed by atoms with Gasteiger partial charge in [-0.1, -0.05) is 51.1 Å². The van der Waals surface area contributed by atoms with Crippen molar-refractivity contribution in [1.82, 2.24) is 10.6 Å². The van der Waals surface area contributed by atoms with Crippen LogP contribution in [-0.4, -0.2) is 29.4 Å². The molecule has 0 aliphatic carbocycles. The molecule has 2 rings (SSSR count). The molecule has 1 heterocycles. The molecule has 7 heteroatoms. The highest BCUT2D eigenvalue weighted by Crippen LogP contribution is 2.25. The van der Waals surface area contributed by atoms with Gasteiger partial charge in [0.1, 0.15) is 0 Å². The third kappa shape index (κ3) is 6.21. The average Bonchev–Trinajstić information content (AvgIpc) is 3.13. The fourth-order valence-corrected chi connectivity index (χ4v) is 3.18. The molecule has 1 atom stereocenters. The summed E-state index contributed by atoms with van der Waals surface area (Å²) in [6.07, 6.45) is -0.237. The van der Waals surface area contributed by atoms with Crippen LogP contribution in [0.5, 0.6) is 0 Å². The third-order valence-electron chi connectivity index (χ3n) is 4.05. The maximum atomic E-state index is 12.2. The first-order valence-corrected chi connectivity index (χ1v) is 9.48. The summed E-state index contributed by atoms with van der Waals surface area (Å²) in [6, 6.07) is 10.3. The summed E-state index contributed by atoms with van der Waals surface area (Å²) in [4.78, 5) is 35.8. The van der Waals surface area contributed by atoms with Gasteiger partial charge in [0.05, 0.1) is 23.9 Å². The monoisotopic (exact) mass is 388 g/mol. The minimum atomic E-state index is -1.01. The van der Waals surface area contributed by atoms with Crippen LogP contribution >= 0.6 is 11.3 Å². The number of rotatable bonds is 7. The van der Waals surface area contributed by atoms with E-state index in [4.69, 9.17) is 5.11 Å². The normalized spacial score (nSPS) is 12.3. The summed E-state index contributed by atoms with van der Waals surface area (Å²) in [5.41, 5.74) is 1.81. The lowest BCUT2D eigenvalue weighted by molar-refractivity contribution is -0.137. The molecule has 0 spiro atoms. The number of benzene rings is 1.